The molecule has 1 saturated carbocycles. The van der Waals surface area contributed by atoms with Gasteiger partial charge in [0.2, 0.25) is 5.91 Å². The minimum Gasteiger partial charge on any atom is -0.352 e. The number of nitrogens with zero attached hydrogens (tertiary/aromatic N) is 1. The lowest BCUT2D eigenvalue weighted by molar-refractivity contribution is -0.129. The first kappa shape index (κ1) is 17.4. The summed E-state index contributed by atoms with van der Waals surface area (Å²) >= 11 is 0. The summed E-state index contributed by atoms with van der Waals surface area (Å²) in [4.78, 5) is 14.7. The van der Waals surface area contributed by atoms with Gasteiger partial charge in [0.15, 0.2) is 0 Å². The number of nitrogens with one attached hydrogen (secondary N) is 1. The normalized spacial score (nSPS) is 28.7. The summed E-state index contributed by atoms with van der Waals surface area (Å²) in [6.45, 7) is 7.44. The fraction of sp³-hybridized carbons (Fsp3) is 0.938. The molecule has 0 aromatic rings. The SMILES string of the molecule is CC(C)CC(CN(C)C)NC(=O)C1C(C)CCCC1N. The summed E-state index contributed by atoms with van der Waals surface area (Å²) in [7, 11) is 4.10. The topological polar surface area (TPSA) is 58.4 Å². The molecule has 20 heavy (non-hydrogen) atoms. The summed E-state index contributed by atoms with van der Waals surface area (Å²) in [6.07, 6.45) is 4.26. The van der Waals surface area contributed by atoms with E-state index < -0.39 is 0 Å². The van der Waals surface area contributed by atoms with Gasteiger partial charge in [-0.2, -0.15) is 0 Å². The smallest absolute Gasteiger partial charge is 0.225 e. The number of rotatable bonds is 6. The molecule has 0 saturated heterocycles. The van der Waals surface area contributed by atoms with Crippen LogP contribution < -0.4 is 11.1 Å². The van der Waals surface area contributed by atoms with Crippen molar-refractivity contribution < 1.29 is 4.79 Å². The molecule has 0 spiro atoms. The van der Waals surface area contributed by atoms with Crippen LogP contribution in [0.15, 0.2) is 0 Å². The first-order valence-corrected chi connectivity index (χ1v) is 8.02. The predicted octanol–water partition coefficient (Wildman–Crippen LogP) is 1.84. The first-order chi connectivity index (χ1) is 9.31. The monoisotopic (exact) mass is 283 g/mol. The molecule has 0 aliphatic heterocycles. The molecule has 0 radical (unpaired) electrons. The van der Waals surface area contributed by atoms with E-state index in [1.165, 1.54) is 0 Å². The van der Waals surface area contributed by atoms with E-state index in [4.69, 9.17) is 5.73 Å². The Balaban J connectivity index is 2.63. The summed E-state index contributed by atoms with van der Waals surface area (Å²) in [6, 6.07) is 0.247. The van der Waals surface area contributed by atoms with Crippen molar-refractivity contribution in [1.29, 1.82) is 0 Å². The molecular weight excluding hydrogens is 250 g/mol. The molecule has 0 aromatic carbocycles. The van der Waals surface area contributed by atoms with Crippen LogP contribution in [0.5, 0.6) is 0 Å². The van der Waals surface area contributed by atoms with Gasteiger partial charge in [-0.15, -0.1) is 0 Å². The summed E-state index contributed by atoms with van der Waals surface area (Å²) in [5.74, 6) is 1.13. The number of hydrogen-bond donors (Lipinski definition) is 2. The van der Waals surface area contributed by atoms with Crippen molar-refractivity contribution in [3.8, 4) is 0 Å². The van der Waals surface area contributed by atoms with E-state index in [0.717, 1.165) is 32.2 Å². The molecule has 1 amide bonds. The van der Waals surface area contributed by atoms with Crippen molar-refractivity contribution in [3.63, 3.8) is 0 Å². The number of amides is 1. The Labute approximate surface area is 124 Å². The largest absolute Gasteiger partial charge is 0.352 e. The average Bonchev–Trinajstić information content (AvgIpc) is 2.26. The fourth-order valence-electron chi connectivity index (χ4n) is 3.40. The highest BCUT2D eigenvalue weighted by atomic mass is 16.2. The molecular formula is C16H33N3O. The van der Waals surface area contributed by atoms with Gasteiger partial charge in [0.1, 0.15) is 0 Å². The van der Waals surface area contributed by atoms with E-state index in [1.54, 1.807) is 0 Å². The van der Waals surface area contributed by atoms with E-state index >= 15 is 0 Å². The molecule has 4 unspecified atom stereocenters. The predicted molar refractivity (Wildman–Crippen MR) is 84.4 cm³/mol. The number of carbonyl (C=O) groups excluding carboxylic acids is 1. The number of carbonyl (C=O) groups is 1. The standard InChI is InChI=1S/C16H33N3O/c1-11(2)9-13(10-19(4)5)18-16(20)15-12(3)7-6-8-14(15)17/h11-15H,6-10,17H2,1-5H3,(H,18,20). The lowest BCUT2D eigenvalue weighted by atomic mass is 9.76. The first-order valence-electron chi connectivity index (χ1n) is 8.02. The Hall–Kier alpha value is -0.610. The fourth-order valence-corrected chi connectivity index (χ4v) is 3.40. The van der Waals surface area contributed by atoms with Crippen LogP contribution in [-0.4, -0.2) is 43.5 Å². The summed E-state index contributed by atoms with van der Waals surface area (Å²) < 4.78 is 0. The molecule has 1 rings (SSSR count). The molecule has 0 aromatic heterocycles. The third kappa shape index (κ3) is 5.41. The third-order valence-corrected chi connectivity index (χ3v) is 4.26. The maximum atomic E-state index is 12.6. The van der Waals surface area contributed by atoms with Gasteiger partial charge >= 0.3 is 0 Å². The Morgan fingerprint density at radius 3 is 2.50 bits per heavy atom. The highest BCUT2D eigenvalue weighted by Gasteiger charge is 2.34. The Bertz CT molecular complexity index is 284. The summed E-state index contributed by atoms with van der Waals surface area (Å²) in [5.41, 5.74) is 6.18. The van der Waals surface area contributed by atoms with Gasteiger partial charge < -0.3 is 16.0 Å². The van der Waals surface area contributed by atoms with E-state index in [9.17, 15) is 4.79 Å². The van der Waals surface area contributed by atoms with Gasteiger partial charge in [0, 0.05) is 18.6 Å². The number of nitrogens with two attached hydrogens (primary N) is 1. The second kappa shape index (κ2) is 7.99. The van der Waals surface area contributed by atoms with Crippen LogP contribution >= 0.6 is 0 Å². The molecule has 0 bridgehead atoms. The maximum absolute atomic E-state index is 12.6. The quantitative estimate of drug-likeness (QED) is 0.782. The van der Waals surface area contributed by atoms with Crippen molar-refractivity contribution >= 4 is 5.91 Å². The van der Waals surface area contributed by atoms with E-state index in [0.29, 0.717) is 11.8 Å². The van der Waals surface area contributed by atoms with Gasteiger partial charge in [-0.3, -0.25) is 4.79 Å². The molecule has 118 valence electrons. The van der Waals surface area contributed by atoms with Crippen molar-refractivity contribution in [2.45, 2.75) is 58.5 Å². The Kier molecular flexibility index (Phi) is 6.96. The van der Waals surface area contributed by atoms with Crippen LogP contribution in [0.1, 0.15) is 46.5 Å². The van der Waals surface area contributed by atoms with Gasteiger partial charge in [-0.25, -0.2) is 0 Å². The zero-order valence-electron chi connectivity index (χ0n) is 13.9. The van der Waals surface area contributed by atoms with Gasteiger partial charge in [0.05, 0.1) is 5.92 Å². The lowest BCUT2D eigenvalue weighted by Gasteiger charge is -2.35. The minimum absolute atomic E-state index is 0.0134. The second-order valence-electron chi connectivity index (χ2n) is 7.20. The highest BCUT2D eigenvalue weighted by molar-refractivity contribution is 5.80. The van der Waals surface area contributed by atoms with Crippen LogP contribution in [-0.2, 0) is 4.79 Å². The maximum Gasteiger partial charge on any atom is 0.225 e. The molecule has 4 nitrogen and oxygen atoms in total. The van der Waals surface area contributed by atoms with Crippen molar-refractivity contribution in [3.05, 3.63) is 0 Å². The minimum atomic E-state index is -0.0134. The van der Waals surface area contributed by atoms with Crippen molar-refractivity contribution in [2.24, 2.45) is 23.5 Å². The summed E-state index contributed by atoms with van der Waals surface area (Å²) in [5, 5.41) is 3.25. The van der Waals surface area contributed by atoms with Gasteiger partial charge in [-0.05, 0) is 45.2 Å². The van der Waals surface area contributed by atoms with Crippen LogP contribution in [0.25, 0.3) is 0 Å². The second-order valence-corrected chi connectivity index (χ2v) is 7.20. The van der Waals surface area contributed by atoms with Crippen LogP contribution in [0.2, 0.25) is 0 Å². The molecule has 3 N–H and O–H groups in total. The number of likely N-dealkylation sites (N-methyl/N-ethyl adjacent to an activating group) is 1. The van der Waals surface area contributed by atoms with Crippen LogP contribution in [0.4, 0.5) is 0 Å². The zero-order valence-corrected chi connectivity index (χ0v) is 13.9. The average molecular weight is 283 g/mol. The highest BCUT2D eigenvalue weighted by Crippen LogP contribution is 2.29. The molecule has 4 heteroatoms. The van der Waals surface area contributed by atoms with E-state index in [1.807, 2.05) is 0 Å². The molecule has 4 atom stereocenters. The van der Waals surface area contributed by atoms with Crippen molar-refractivity contribution in [2.75, 3.05) is 20.6 Å². The van der Waals surface area contributed by atoms with Crippen molar-refractivity contribution in [1.82, 2.24) is 10.2 Å². The zero-order chi connectivity index (χ0) is 15.3. The van der Waals surface area contributed by atoms with Crippen LogP contribution in [0, 0.1) is 17.8 Å². The molecule has 1 fully saturated rings. The van der Waals surface area contributed by atoms with E-state index in [2.05, 4.69) is 45.1 Å². The molecule has 0 heterocycles. The molecule has 1 aliphatic rings. The molecule has 1 aliphatic carbocycles. The Morgan fingerprint density at radius 1 is 1.35 bits per heavy atom. The van der Waals surface area contributed by atoms with Crippen LogP contribution in [0.3, 0.4) is 0 Å². The number of hydrogen-bond acceptors (Lipinski definition) is 3. The Morgan fingerprint density at radius 2 is 2.00 bits per heavy atom. The van der Waals surface area contributed by atoms with E-state index in [-0.39, 0.29) is 23.9 Å². The third-order valence-electron chi connectivity index (χ3n) is 4.26. The van der Waals surface area contributed by atoms with Gasteiger partial charge in [0.25, 0.3) is 0 Å². The lowest BCUT2D eigenvalue weighted by Crippen LogP contribution is -2.51. The van der Waals surface area contributed by atoms with Gasteiger partial charge in [-0.1, -0.05) is 27.2 Å².